The summed E-state index contributed by atoms with van der Waals surface area (Å²) in [4.78, 5) is 24.6. The molecule has 2 rings (SSSR count). The number of rotatable bonds is 6. The number of aryl methyl sites for hydroxylation is 1. The van der Waals surface area contributed by atoms with E-state index in [0.717, 1.165) is 18.5 Å². The number of amides is 2. The maximum absolute atomic E-state index is 12.4. The molecule has 2 N–H and O–H groups in total. The van der Waals surface area contributed by atoms with Crippen molar-refractivity contribution in [3.63, 3.8) is 0 Å². The van der Waals surface area contributed by atoms with Crippen LogP contribution in [0.25, 0.3) is 0 Å². The molecular weight excluding hydrogens is 300 g/mol. The molecule has 0 aromatic heterocycles. The molecule has 1 atom stereocenters. The van der Waals surface area contributed by atoms with Crippen LogP contribution >= 0.6 is 0 Å². The van der Waals surface area contributed by atoms with Gasteiger partial charge in [0.1, 0.15) is 0 Å². The van der Waals surface area contributed by atoms with Crippen molar-refractivity contribution in [1.29, 1.82) is 0 Å². The van der Waals surface area contributed by atoms with Gasteiger partial charge < -0.3 is 10.6 Å². The van der Waals surface area contributed by atoms with Gasteiger partial charge in [0.15, 0.2) is 0 Å². The normalized spacial score (nSPS) is 11.6. The molecule has 0 fully saturated rings. The molecule has 0 bridgehead atoms. The summed E-state index contributed by atoms with van der Waals surface area (Å²) < 4.78 is 0. The Morgan fingerprint density at radius 1 is 0.958 bits per heavy atom. The van der Waals surface area contributed by atoms with Crippen LogP contribution in [0.4, 0.5) is 5.69 Å². The molecule has 1 unspecified atom stereocenters. The first kappa shape index (κ1) is 17.7. The molecule has 2 amide bonds. The lowest BCUT2D eigenvalue weighted by atomic mass is 10.1. The summed E-state index contributed by atoms with van der Waals surface area (Å²) in [6, 6.07) is 14.6. The summed E-state index contributed by atoms with van der Waals surface area (Å²) in [6.45, 7) is 6.05. The first-order valence-electron chi connectivity index (χ1n) is 8.34. The van der Waals surface area contributed by atoms with Crippen molar-refractivity contribution < 1.29 is 9.59 Å². The van der Waals surface area contributed by atoms with Crippen molar-refractivity contribution >= 4 is 17.5 Å². The Balaban J connectivity index is 2.09. The molecule has 2 aromatic carbocycles. The zero-order valence-corrected chi connectivity index (χ0v) is 14.4. The maximum Gasteiger partial charge on any atom is 0.255 e. The van der Waals surface area contributed by atoms with E-state index in [9.17, 15) is 9.59 Å². The third kappa shape index (κ3) is 4.69. The van der Waals surface area contributed by atoms with Gasteiger partial charge >= 0.3 is 0 Å². The maximum atomic E-state index is 12.4. The molecule has 0 aliphatic heterocycles. The van der Waals surface area contributed by atoms with Crippen LogP contribution in [0.5, 0.6) is 0 Å². The molecule has 4 heteroatoms. The monoisotopic (exact) mass is 324 g/mol. The van der Waals surface area contributed by atoms with E-state index in [4.69, 9.17) is 0 Å². The molecule has 0 heterocycles. The van der Waals surface area contributed by atoms with Crippen LogP contribution < -0.4 is 10.6 Å². The summed E-state index contributed by atoms with van der Waals surface area (Å²) in [6.07, 6.45) is 1.82. The molecule has 0 saturated heterocycles. The lowest BCUT2D eigenvalue weighted by Gasteiger charge is -2.12. The molecular formula is C20H24N2O2. The predicted molar refractivity (Wildman–Crippen MR) is 97.4 cm³/mol. The first-order chi connectivity index (χ1) is 11.5. The minimum atomic E-state index is -0.225. The number of nitrogens with one attached hydrogen (secondary N) is 2. The summed E-state index contributed by atoms with van der Waals surface area (Å²) in [5, 5.41) is 5.76. The van der Waals surface area contributed by atoms with Crippen molar-refractivity contribution in [2.75, 3.05) is 5.32 Å². The summed E-state index contributed by atoms with van der Waals surface area (Å²) in [7, 11) is 0. The number of benzene rings is 2. The largest absolute Gasteiger partial charge is 0.350 e. The Morgan fingerprint density at radius 2 is 1.58 bits per heavy atom. The van der Waals surface area contributed by atoms with Gasteiger partial charge in [-0.15, -0.1) is 0 Å². The quantitative estimate of drug-likeness (QED) is 0.843. The highest BCUT2D eigenvalue weighted by molar-refractivity contribution is 6.06. The standard InChI is InChI=1S/C20H24N2O2/c1-4-14(3)21-19(23)16-7-6-8-17(13-16)20(24)22-18-11-9-15(5-2)10-12-18/h6-14H,4-5H2,1-3H3,(H,21,23)(H,22,24). The van der Waals surface area contributed by atoms with Crippen LogP contribution in [-0.2, 0) is 6.42 Å². The molecule has 4 nitrogen and oxygen atoms in total. The predicted octanol–water partition coefficient (Wildman–Crippen LogP) is 4.03. The van der Waals surface area contributed by atoms with Crippen LogP contribution in [0.2, 0.25) is 0 Å². The lowest BCUT2D eigenvalue weighted by Crippen LogP contribution is -2.32. The van der Waals surface area contributed by atoms with E-state index in [1.165, 1.54) is 5.56 Å². The van der Waals surface area contributed by atoms with Gasteiger partial charge in [0, 0.05) is 22.9 Å². The fraction of sp³-hybridized carbons (Fsp3) is 0.300. The van der Waals surface area contributed by atoms with Gasteiger partial charge in [0.25, 0.3) is 11.8 Å². The minimum absolute atomic E-state index is 0.104. The number of carbonyl (C=O) groups excluding carboxylic acids is 2. The van der Waals surface area contributed by atoms with Crippen LogP contribution in [0.1, 0.15) is 53.5 Å². The first-order valence-corrected chi connectivity index (χ1v) is 8.34. The number of carbonyl (C=O) groups is 2. The topological polar surface area (TPSA) is 58.2 Å². The molecule has 0 radical (unpaired) electrons. The number of hydrogen-bond donors (Lipinski definition) is 2. The van der Waals surface area contributed by atoms with E-state index in [1.807, 2.05) is 38.1 Å². The average Bonchev–Trinajstić information content (AvgIpc) is 2.62. The van der Waals surface area contributed by atoms with Crippen LogP contribution in [0, 0.1) is 0 Å². The second-order valence-electron chi connectivity index (χ2n) is 5.87. The Kier molecular flexibility index (Phi) is 6.13. The number of hydrogen-bond acceptors (Lipinski definition) is 2. The van der Waals surface area contributed by atoms with E-state index in [0.29, 0.717) is 11.1 Å². The Hall–Kier alpha value is -2.62. The van der Waals surface area contributed by atoms with Crippen molar-refractivity contribution in [3.05, 3.63) is 65.2 Å². The third-order valence-corrected chi connectivity index (χ3v) is 4.00. The second kappa shape index (κ2) is 8.29. The van der Waals surface area contributed by atoms with Gasteiger partial charge in [-0.25, -0.2) is 0 Å². The molecule has 24 heavy (non-hydrogen) atoms. The van der Waals surface area contributed by atoms with Crippen LogP contribution in [0.3, 0.4) is 0 Å². The number of anilines is 1. The van der Waals surface area contributed by atoms with Gasteiger partial charge in [0.05, 0.1) is 0 Å². The zero-order valence-electron chi connectivity index (χ0n) is 14.4. The van der Waals surface area contributed by atoms with Crippen molar-refractivity contribution in [2.24, 2.45) is 0 Å². The molecule has 126 valence electrons. The van der Waals surface area contributed by atoms with E-state index in [1.54, 1.807) is 24.3 Å². The minimum Gasteiger partial charge on any atom is -0.350 e. The molecule has 0 saturated carbocycles. The van der Waals surface area contributed by atoms with Gasteiger partial charge in [-0.3, -0.25) is 9.59 Å². The fourth-order valence-electron chi connectivity index (χ4n) is 2.24. The Bertz CT molecular complexity index is 708. The van der Waals surface area contributed by atoms with Gasteiger partial charge in [0.2, 0.25) is 0 Å². The summed E-state index contributed by atoms with van der Waals surface area (Å²) >= 11 is 0. The molecule has 0 spiro atoms. The van der Waals surface area contributed by atoms with Gasteiger partial charge in [-0.2, -0.15) is 0 Å². The third-order valence-electron chi connectivity index (χ3n) is 4.00. The molecule has 0 aliphatic rings. The lowest BCUT2D eigenvalue weighted by molar-refractivity contribution is 0.0939. The molecule has 2 aromatic rings. The van der Waals surface area contributed by atoms with Gasteiger partial charge in [-0.05, 0) is 55.7 Å². The Labute approximate surface area is 143 Å². The highest BCUT2D eigenvalue weighted by atomic mass is 16.2. The highest BCUT2D eigenvalue weighted by Crippen LogP contribution is 2.13. The average molecular weight is 324 g/mol. The van der Waals surface area contributed by atoms with E-state index >= 15 is 0 Å². The fourth-order valence-corrected chi connectivity index (χ4v) is 2.24. The summed E-state index contributed by atoms with van der Waals surface area (Å²) in [5.41, 5.74) is 2.92. The van der Waals surface area contributed by atoms with E-state index in [2.05, 4.69) is 17.6 Å². The smallest absolute Gasteiger partial charge is 0.255 e. The Morgan fingerprint density at radius 3 is 2.17 bits per heavy atom. The van der Waals surface area contributed by atoms with Crippen molar-refractivity contribution in [2.45, 2.75) is 39.7 Å². The SMILES string of the molecule is CCc1ccc(NC(=O)c2cccc(C(=O)NC(C)CC)c2)cc1. The molecule has 0 aliphatic carbocycles. The van der Waals surface area contributed by atoms with Gasteiger partial charge in [-0.1, -0.05) is 32.0 Å². The van der Waals surface area contributed by atoms with E-state index in [-0.39, 0.29) is 17.9 Å². The zero-order chi connectivity index (χ0) is 17.5. The summed E-state index contributed by atoms with van der Waals surface area (Å²) in [5.74, 6) is -0.385. The van der Waals surface area contributed by atoms with E-state index < -0.39 is 0 Å². The highest BCUT2D eigenvalue weighted by Gasteiger charge is 2.12. The van der Waals surface area contributed by atoms with Crippen molar-refractivity contribution in [1.82, 2.24) is 5.32 Å². The second-order valence-corrected chi connectivity index (χ2v) is 5.87. The van der Waals surface area contributed by atoms with Crippen LogP contribution in [0.15, 0.2) is 48.5 Å². The van der Waals surface area contributed by atoms with Crippen LogP contribution in [-0.4, -0.2) is 17.9 Å². The van der Waals surface area contributed by atoms with Crippen molar-refractivity contribution in [3.8, 4) is 0 Å².